The van der Waals surface area contributed by atoms with Crippen molar-refractivity contribution in [2.75, 3.05) is 31.5 Å². The predicted octanol–water partition coefficient (Wildman–Crippen LogP) is 3.55. The van der Waals surface area contributed by atoms with Crippen molar-refractivity contribution in [2.24, 2.45) is 11.8 Å². The van der Waals surface area contributed by atoms with Gasteiger partial charge in [-0.25, -0.2) is 0 Å². The second-order valence-electron chi connectivity index (χ2n) is 8.43. The molecule has 0 aromatic heterocycles. The summed E-state index contributed by atoms with van der Waals surface area (Å²) < 4.78 is 0. The number of anilines is 1. The minimum Gasteiger partial charge on any atom is -0.342 e. The topological polar surface area (TPSA) is 69.7 Å². The summed E-state index contributed by atoms with van der Waals surface area (Å²) in [6, 6.07) is 5.07. The van der Waals surface area contributed by atoms with Gasteiger partial charge in [0.1, 0.15) is 0 Å². The van der Waals surface area contributed by atoms with E-state index < -0.39 is 0 Å². The summed E-state index contributed by atoms with van der Waals surface area (Å²) >= 11 is 6.37. The zero-order valence-corrected chi connectivity index (χ0v) is 17.4. The van der Waals surface area contributed by atoms with Crippen LogP contribution in [0.3, 0.4) is 0 Å². The van der Waals surface area contributed by atoms with Crippen molar-refractivity contribution in [1.82, 2.24) is 9.80 Å². The Bertz CT molecular complexity index is 802. The maximum Gasteiger partial charge on any atom is 0.255 e. The second-order valence-corrected chi connectivity index (χ2v) is 8.84. The number of hydrogen-bond donors (Lipinski definition) is 1. The summed E-state index contributed by atoms with van der Waals surface area (Å²) in [5.74, 6) is 0.0326. The first kappa shape index (κ1) is 20.2. The average Bonchev–Trinajstić information content (AvgIpc) is 3.59. The van der Waals surface area contributed by atoms with E-state index >= 15 is 0 Å². The molecule has 29 heavy (non-hydrogen) atoms. The van der Waals surface area contributed by atoms with Crippen LogP contribution in [0.25, 0.3) is 0 Å². The molecule has 1 unspecified atom stereocenters. The fourth-order valence-electron chi connectivity index (χ4n) is 4.26. The minimum absolute atomic E-state index is 0.0471. The van der Waals surface area contributed by atoms with E-state index in [1.165, 1.54) is 0 Å². The quantitative estimate of drug-likeness (QED) is 0.814. The number of piperidine rings is 2. The van der Waals surface area contributed by atoms with Crippen molar-refractivity contribution in [1.29, 1.82) is 0 Å². The largest absolute Gasteiger partial charge is 0.342 e. The van der Waals surface area contributed by atoms with Crippen LogP contribution in [0.4, 0.5) is 5.69 Å². The van der Waals surface area contributed by atoms with E-state index in [0.29, 0.717) is 22.8 Å². The molecule has 2 aliphatic heterocycles. The molecule has 1 atom stereocenters. The molecule has 4 rings (SSSR count). The van der Waals surface area contributed by atoms with Crippen LogP contribution in [0, 0.1) is 11.8 Å². The molecule has 3 amide bonds. The molecule has 1 aliphatic carbocycles. The van der Waals surface area contributed by atoms with Gasteiger partial charge in [-0.05, 0) is 63.1 Å². The van der Waals surface area contributed by atoms with Crippen LogP contribution in [-0.4, -0.2) is 53.7 Å². The zero-order chi connectivity index (χ0) is 20.4. The summed E-state index contributed by atoms with van der Waals surface area (Å²) in [4.78, 5) is 41.4. The highest BCUT2D eigenvalue weighted by Crippen LogP contribution is 2.33. The van der Waals surface area contributed by atoms with Crippen LogP contribution in [0.15, 0.2) is 18.2 Å². The number of nitrogens with one attached hydrogen (secondary N) is 1. The highest BCUT2D eigenvalue weighted by molar-refractivity contribution is 6.34. The van der Waals surface area contributed by atoms with Crippen LogP contribution >= 0.6 is 11.6 Å². The third kappa shape index (κ3) is 4.74. The summed E-state index contributed by atoms with van der Waals surface area (Å²) in [7, 11) is 0. The van der Waals surface area contributed by atoms with Gasteiger partial charge in [0.15, 0.2) is 0 Å². The van der Waals surface area contributed by atoms with Gasteiger partial charge >= 0.3 is 0 Å². The first-order valence-corrected chi connectivity index (χ1v) is 11.1. The first-order chi connectivity index (χ1) is 14.0. The van der Waals surface area contributed by atoms with E-state index in [-0.39, 0.29) is 29.6 Å². The fourth-order valence-corrected chi connectivity index (χ4v) is 4.52. The lowest BCUT2D eigenvalue weighted by molar-refractivity contribution is -0.135. The van der Waals surface area contributed by atoms with E-state index in [4.69, 9.17) is 11.6 Å². The Balaban J connectivity index is 1.37. The van der Waals surface area contributed by atoms with Crippen molar-refractivity contribution in [3.63, 3.8) is 0 Å². The van der Waals surface area contributed by atoms with Crippen molar-refractivity contribution in [2.45, 2.75) is 44.9 Å². The van der Waals surface area contributed by atoms with Crippen molar-refractivity contribution < 1.29 is 14.4 Å². The van der Waals surface area contributed by atoms with Crippen LogP contribution < -0.4 is 5.32 Å². The Morgan fingerprint density at radius 1 is 0.897 bits per heavy atom. The standard InChI is InChI=1S/C22H28ClN3O3/c23-19-13-17(8-9-18(19)22(29)25-10-2-1-3-11-25)24-20(27)16-5-4-12-26(14-16)21(28)15-6-7-15/h8-9,13,15-16H,1-7,10-12,14H2,(H,24,27). The SMILES string of the molecule is O=C(Nc1ccc(C(=O)N2CCCCC2)c(Cl)c1)C1CCCN(C(=O)C2CC2)C1. The van der Waals surface area contributed by atoms with Gasteiger partial charge in [0.25, 0.3) is 5.91 Å². The number of amides is 3. The summed E-state index contributed by atoms with van der Waals surface area (Å²) in [6.07, 6.45) is 6.80. The number of likely N-dealkylation sites (tertiary alicyclic amines) is 2. The molecule has 1 aromatic rings. The van der Waals surface area contributed by atoms with Gasteiger partial charge in [-0.15, -0.1) is 0 Å². The van der Waals surface area contributed by atoms with Gasteiger partial charge in [-0.3, -0.25) is 14.4 Å². The highest BCUT2D eigenvalue weighted by Gasteiger charge is 2.36. The highest BCUT2D eigenvalue weighted by atomic mass is 35.5. The number of nitrogens with zero attached hydrogens (tertiary/aromatic N) is 2. The van der Waals surface area contributed by atoms with E-state index in [1.807, 2.05) is 9.80 Å². The monoisotopic (exact) mass is 417 g/mol. The Kier molecular flexibility index (Phi) is 6.09. The Morgan fingerprint density at radius 2 is 1.62 bits per heavy atom. The molecule has 2 heterocycles. The summed E-state index contributed by atoms with van der Waals surface area (Å²) in [5, 5.41) is 3.27. The van der Waals surface area contributed by atoms with E-state index in [0.717, 1.165) is 64.6 Å². The predicted molar refractivity (Wildman–Crippen MR) is 112 cm³/mol. The van der Waals surface area contributed by atoms with Gasteiger partial charge < -0.3 is 15.1 Å². The lowest BCUT2D eigenvalue weighted by Gasteiger charge is -2.32. The zero-order valence-electron chi connectivity index (χ0n) is 16.7. The third-order valence-corrected chi connectivity index (χ3v) is 6.45. The molecule has 0 spiro atoms. The van der Waals surface area contributed by atoms with Crippen LogP contribution in [0.2, 0.25) is 5.02 Å². The van der Waals surface area contributed by atoms with Crippen LogP contribution in [-0.2, 0) is 9.59 Å². The lowest BCUT2D eigenvalue weighted by Crippen LogP contribution is -2.44. The van der Waals surface area contributed by atoms with Gasteiger partial charge in [-0.1, -0.05) is 11.6 Å². The smallest absolute Gasteiger partial charge is 0.255 e. The molecule has 156 valence electrons. The third-order valence-electron chi connectivity index (χ3n) is 6.14. The number of hydrogen-bond acceptors (Lipinski definition) is 3. The summed E-state index contributed by atoms with van der Waals surface area (Å²) in [5.41, 5.74) is 1.06. The molecule has 1 saturated carbocycles. The van der Waals surface area contributed by atoms with Gasteiger partial charge in [0, 0.05) is 37.8 Å². The summed E-state index contributed by atoms with van der Waals surface area (Å²) in [6.45, 7) is 2.77. The van der Waals surface area contributed by atoms with Gasteiger partial charge in [0.05, 0.1) is 16.5 Å². The Hall–Kier alpha value is -2.08. The average molecular weight is 418 g/mol. The van der Waals surface area contributed by atoms with Crippen LogP contribution in [0.1, 0.15) is 55.3 Å². The second kappa shape index (κ2) is 8.74. The number of halogens is 1. The Labute approximate surface area is 176 Å². The molecule has 0 radical (unpaired) electrons. The maximum atomic E-state index is 12.7. The molecule has 1 N–H and O–H groups in total. The first-order valence-electron chi connectivity index (χ1n) is 10.7. The number of carbonyl (C=O) groups is 3. The molecule has 6 nitrogen and oxygen atoms in total. The van der Waals surface area contributed by atoms with Gasteiger partial charge in [-0.2, -0.15) is 0 Å². The fraction of sp³-hybridized carbons (Fsp3) is 0.591. The van der Waals surface area contributed by atoms with E-state index in [1.54, 1.807) is 18.2 Å². The van der Waals surface area contributed by atoms with E-state index in [2.05, 4.69) is 5.32 Å². The molecule has 3 aliphatic rings. The van der Waals surface area contributed by atoms with Crippen molar-refractivity contribution in [3.05, 3.63) is 28.8 Å². The van der Waals surface area contributed by atoms with E-state index in [9.17, 15) is 14.4 Å². The Morgan fingerprint density at radius 3 is 2.31 bits per heavy atom. The van der Waals surface area contributed by atoms with Crippen molar-refractivity contribution in [3.8, 4) is 0 Å². The normalized spacial score (nSPS) is 22.3. The number of benzene rings is 1. The number of carbonyl (C=O) groups excluding carboxylic acids is 3. The van der Waals surface area contributed by atoms with Crippen LogP contribution in [0.5, 0.6) is 0 Å². The molecule has 7 heteroatoms. The minimum atomic E-state index is -0.208. The molecule has 1 aromatic carbocycles. The maximum absolute atomic E-state index is 12.7. The van der Waals surface area contributed by atoms with Gasteiger partial charge in [0.2, 0.25) is 11.8 Å². The molecular weight excluding hydrogens is 390 g/mol. The molecule has 0 bridgehead atoms. The lowest BCUT2D eigenvalue weighted by atomic mass is 9.96. The molecular formula is C22H28ClN3O3. The molecule has 3 fully saturated rings. The molecule has 2 saturated heterocycles. The van der Waals surface area contributed by atoms with Crippen molar-refractivity contribution >= 4 is 35.0 Å². The number of rotatable bonds is 4.